The molecule has 0 saturated carbocycles. The summed E-state index contributed by atoms with van der Waals surface area (Å²) >= 11 is 0. The molecule has 1 heterocycles. The molecule has 1 aromatic rings. The van der Waals surface area contributed by atoms with E-state index >= 15 is 0 Å². The molecule has 0 spiro atoms. The van der Waals surface area contributed by atoms with Crippen molar-refractivity contribution in [2.24, 2.45) is 0 Å². The molecule has 0 radical (unpaired) electrons. The van der Waals surface area contributed by atoms with Crippen molar-refractivity contribution in [3.63, 3.8) is 0 Å². The lowest BCUT2D eigenvalue weighted by molar-refractivity contribution is -0.0129. The van der Waals surface area contributed by atoms with E-state index in [0.717, 1.165) is 18.4 Å². The third-order valence-electron chi connectivity index (χ3n) is 2.78. The Hall–Kier alpha value is -0.980. The van der Waals surface area contributed by atoms with Crippen LogP contribution in [-0.4, -0.2) is 16.1 Å². The third-order valence-corrected chi connectivity index (χ3v) is 6.27. The molecular weight excluding hydrogens is 296 g/mol. The van der Waals surface area contributed by atoms with Crippen LogP contribution >= 0.6 is 10.7 Å². The van der Waals surface area contributed by atoms with Gasteiger partial charge in [0.15, 0.2) is 0 Å². The molecule has 106 valence electrons. The minimum Gasteiger partial charge on any atom is -0.265 e. The highest BCUT2D eigenvalue weighted by atomic mass is 35.7. The van der Waals surface area contributed by atoms with Crippen LogP contribution in [0.25, 0.3) is 0 Å². The lowest BCUT2D eigenvalue weighted by atomic mass is 10.1. The van der Waals surface area contributed by atoms with Crippen LogP contribution in [0.15, 0.2) is 34.2 Å². The monoisotopic (exact) mass is 309 g/mol. The fourth-order valence-electron chi connectivity index (χ4n) is 1.82. The fraction of sp³-hybridized carbons (Fsp3) is 0.333. The maximum Gasteiger partial charge on any atom is 0.142 e. The number of halogens is 3. The van der Waals surface area contributed by atoms with Crippen LogP contribution < -0.4 is 5.48 Å². The van der Waals surface area contributed by atoms with E-state index in [9.17, 15) is 13.0 Å². The molecule has 0 fully saturated rings. The largest absolute Gasteiger partial charge is 0.265 e. The second-order valence-electron chi connectivity index (χ2n) is 5.08. The van der Waals surface area contributed by atoms with Crippen molar-refractivity contribution >= 4 is 19.0 Å². The normalized spacial score (nSPS) is 20.3. The Morgan fingerprint density at radius 1 is 1.32 bits per heavy atom. The molecule has 1 aromatic carbocycles. The quantitative estimate of drug-likeness (QED) is 0.853. The Morgan fingerprint density at radius 3 is 2.26 bits per heavy atom. The maximum atomic E-state index is 13.8. The number of benzene rings is 1. The van der Waals surface area contributed by atoms with Crippen molar-refractivity contribution in [1.29, 1.82) is 0 Å². The van der Waals surface area contributed by atoms with Gasteiger partial charge in [-0.15, -0.1) is 0 Å². The van der Waals surface area contributed by atoms with Crippen LogP contribution in [0, 0.1) is 11.6 Å². The Kier molecular flexibility index (Phi) is 3.04. The van der Waals surface area contributed by atoms with Crippen LogP contribution in [0.3, 0.4) is 0 Å². The second-order valence-corrected chi connectivity index (χ2v) is 10.6. The first-order chi connectivity index (χ1) is 8.52. The zero-order valence-electron chi connectivity index (χ0n) is 10.7. The first-order valence-corrected chi connectivity index (χ1v) is 8.70. The summed E-state index contributed by atoms with van der Waals surface area (Å²) < 4.78 is 40.7. The summed E-state index contributed by atoms with van der Waals surface area (Å²) in [5.74, 6) is -1.91. The SMILES string of the molecule is CC1(C)C=C(S(C)(=O)(Cl)c2c(F)cccc2F)NO1. The zero-order valence-corrected chi connectivity index (χ0v) is 12.2. The average Bonchev–Trinajstić information content (AvgIpc) is 2.58. The molecule has 0 unspecified atom stereocenters. The van der Waals surface area contributed by atoms with E-state index < -0.39 is 30.4 Å². The number of hydrogen-bond donors (Lipinski definition) is 1. The number of hydrogen-bond acceptors (Lipinski definition) is 3. The van der Waals surface area contributed by atoms with E-state index in [1.54, 1.807) is 13.8 Å². The molecule has 19 heavy (non-hydrogen) atoms. The van der Waals surface area contributed by atoms with Gasteiger partial charge in [0, 0.05) is 14.5 Å². The van der Waals surface area contributed by atoms with Gasteiger partial charge in [-0.1, -0.05) is 6.07 Å². The van der Waals surface area contributed by atoms with Crippen LogP contribution in [0.5, 0.6) is 0 Å². The van der Waals surface area contributed by atoms with Crippen molar-refractivity contribution < 1.29 is 17.8 Å². The Morgan fingerprint density at radius 2 is 1.84 bits per heavy atom. The second kappa shape index (κ2) is 4.01. The van der Waals surface area contributed by atoms with Crippen molar-refractivity contribution in [2.75, 3.05) is 6.26 Å². The van der Waals surface area contributed by atoms with Gasteiger partial charge in [0.05, 0.1) is 0 Å². The van der Waals surface area contributed by atoms with Crippen molar-refractivity contribution in [1.82, 2.24) is 5.48 Å². The molecule has 3 nitrogen and oxygen atoms in total. The van der Waals surface area contributed by atoms with Crippen LogP contribution in [-0.2, 0) is 13.1 Å². The van der Waals surface area contributed by atoms with E-state index in [0.29, 0.717) is 0 Å². The number of nitrogens with one attached hydrogen (secondary N) is 1. The minimum absolute atomic E-state index is 0.0346. The molecule has 1 aliphatic heterocycles. The molecule has 0 atom stereocenters. The highest BCUT2D eigenvalue weighted by Gasteiger charge is 2.45. The van der Waals surface area contributed by atoms with Crippen LogP contribution in [0.2, 0.25) is 0 Å². The Labute approximate surface area is 114 Å². The van der Waals surface area contributed by atoms with Gasteiger partial charge in [-0.2, -0.15) is 0 Å². The summed E-state index contributed by atoms with van der Waals surface area (Å²) in [4.78, 5) is 4.51. The van der Waals surface area contributed by atoms with Gasteiger partial charge in [-0.05, 0) is 42.7 Å². The van der Waals surface area contributed by atoms with E-state index in [4.69, 9.17) is 15.5 Å². The smallest absolute Gasteiger partial charge is 0.142 e. The van der Waals surface area contributed by atoms with Gasteiger partial charge in [0.1, 0.15) is 27.2 Å². The molecule has 1 N–H and O–H groups in total. The van der Waals surface area contributed by atoms with Crippen molar-refractivity contribution in [2.45, 2.75) is 24.3 Å². The van der Waals surface area contributed by atoms with Crippen LogP contribution in [0.1, 0.15) is 13.8 Å². The first-order valence-electron chi connectivity index (χ1n) is 5.50. The fourth-order valence-corrected chi connectivity index (χ4v) is 4.53. The van der Waals surface area contributed by atoms with Gasteiger partial charge in [-0.25, -0.2) is 8.78 Å². The van der Waals surface area contributed by atoms with E-state index in [2.05, 4.69) is 5.48 Å². The summed E-state index contributed by atoms with van der Waals surface area (Å²) in [5.41, 5.74) is 1.65. The molecule has 7 heteroatoms. The van der Waals surface area contributed by atoms with Crippen molar-refractivity contribution in [3.05, 3.63) is 40.9 Å². The Bertz CT molecular complexity index is 616. The molecule has 0 bridgehead atoms. The lowest BCUT2D eigenvalue weighted by Gasteiger charge is -2.32. The predicted octanol–water partition coefficient (Wildman–Crippen LogP) is 3.08. The predicted molar refractivity (Wildman–Crippen MR) is 70.9 cm³/mol. The van der Waals surface area contributed by atoms with Crippen molar-refractivity contribution in [3.8, 4) is 0 Å². The molecule has 0 amide bonds. The van der Waals surface area contributed by atoms with Gasteiger partial charge >= 0.3 is 0 Å². The molecule has 0 aliphatic carbocycles. The summed E-state index contributed by atoms with van der Waals surface area (Å²) in [7, 11) is 1.69. The lowest BCUT2D eigenvalue weighted by Crippen LogP contribution is -2.34. The van der Waals surface area contributed by atoms with Gasteiger partial charge in [0.2, 0.25) is 0 Å². The summed E-state index contributed by atoms with van der Waals surface area (Å²) in [6, 6.07) is 3.21. The van der Waals surface area contributed by atoms with E-state index in [1.165, 1.54) is 12.1 Å². The maximum absolute atomic E-state index is 13.8. The van der Waals surface area contributed by atoms with Crippen LogP contribution in [0.4, 0.5) is 8.78 Å². The summed E-state index contributed by atoms with van der Waals surface area (Å²) in [6.45, 7) is 3.40. The molecule has 1 aliphatic rings. The highest BCUT2D eigenvalue weighted by Crippen LogP contribution is 2.48. The Balaban J connectivity index is 2.68. The van der Waals surface area contributed by atoms with E-state index in [-0.39, 0.29) is 5.03 Å². The summed E-state index contributed by atoms with van der Waals surface area (Å²) in [5, 5.41) is -0.0346. The molecule has 0 aromatic heterocycles. The molecule has 2 rings (SSSR count). The van der Waals surface area contributed by atoms with Gasteiger partial charge in [-0.3, -0.25) is 14.5 Å². The number of rotatable bonds is 2. The third kappa shape index (κ3) is 2.40. The van der Waals surface area contributed by atoms with Gasteiger partial charge < -0.3 is 0 Å². The summed E-state index contributed by atoms with van der Waals surface area (Å²) in [6.07, 6.45) is 2.56. The minimum atomic E-state index is -4.43. The van der Waals surface area contributed by atoms with E-state index in [1.807, 2.05) is 0 Å². The molecule has 0 saturated heterocycles. The highest BCUT2D eigenvalue weighted by molar-refractivity contribution is 8.40. The average molecular weight is 310 g/mol. The number of hydroxylamine groups is 1. The standard InChI is InChI=1S/C12H14ClF2NO2S/c1-12(2)7-10(16-18-12)19(3,13,17)11-8(14)5-4-6-9(11)15/h4-7,16H,1-3H3. The zero-order chi connectivity index (χ0) is 14.5. The molecular formula is C12H14ClF2NO2S. The first kappa shape index (κ1) is 14.4. The topological polar surface area (TPSA) is 38.3 Å². The van der Waals surface area contributed by atoms with Gasteiger partial charge in [0.25, 0.3) is 0 Å².